The number of rotatable bonds is 5. The molecule has 3 heterocycles. The number of allylic oxidation sites excluding steroid dienone is 1. The second-order valence-electron chi connectivity index (χ2n) is 15.7. The Kier molecular flexibility index (Phi) is 10.5. The van der Waals surface area contributed by atoms with E-state index < -0.39 is 106 Å². The largest absolute Gasteiger partial charge is 0.444 e. The summed E-state index contributed by atoms with van der Waals surface area (Å²) in [4.78, 5) is 70.9. The van der Waals surface area contributed by atoms with Gasteiger partial charge in [-0.2, -0.15) is 0 Å². The van der Waals surface area contributed by atoms with Crippen molar-refractivity contribution in [2.45, 2.75) is 126 Å². The van der Waals surface area contributed by atoms with E-state index in [1.807, 2.05) is 24.3 Å². The second kappa shape index (κ2) is 14.5. The van der Waals surface area contributed by atoms with Crippen LogP contribution in [0.25, 0.3) is 0 Å². The van der Waals surface area contributed by atoms with Crippen LogP contribution < -0.4 is 15.4 Å². The summed E-state index contributed by atoms with van der Waals surface area (Å²) in [6.45, 7) is 5.15. The van der Waals surface area contributed by atoms with Crippen LogP contribution in [0.4, 0.5) is 18.4 Å². The number of hydrogen-bond acceptors (Lipinski definition) is 9. The highest BCUT2D eigenvalue weighted by Gasteiger charge is 2.62. The molecule has 5 amide bonds. The molecule has 0 unspecified atom stereocenters. The molecule has 2 saturated carbocycles. The monoisotopic (exact) mass is 763 g/mol. The average Bonchev–Trinajstić information content (AvgIpc) is 4.00. The lowest BCUT2D eigenvalue weighted by atomic mass is 10.0. The van der Waals surface area contributed by atoms with Gasteiger partial charge in [0.1, 0.15) is 29.3 Å². The fraction of sp³-hybridized carbons (Fsp3) is 0.639. The maximum Gasteiger partial charge on any atom is 0.410 e. The van der Waals surface area contributed by atoms with Crippen LogP contribution in [0, 0.1) is 5.92 Å². The number of carbonyl (C=O) groups excluding carboxylic acids is 5. The highest BCUT2D eigenvalue weighted by molar-refractivity contribution is 7.91. The van der Waals surface area contributed by atoms with E-state index in [0.717, 1.165) is 16.0 Å². The summed E-state index contributed by atoms with van der Waals surface area (Å²) in [6, 6.07) is 4.76. The maximum atomic E-state index is 15.2. The van der Waals surface area contributed by atoms with Crippen LogP contribution in [0.15, 0.2) is 36.4 Å². The van der Waals surface area contributed by atoms with Crippen molar-refractivity contribution in [3.05, 3.63) is 47.5 Å². The third kappa shape index (κ3) is 9.10. The number of sulfonamides is 1. The number of halogens is 2. The first-order chi connectivity index (χ1) is 24.9. The Bertz CT molecular complexity index is 1780. The van der Waals surface area contributed by atoms with Gasteiger partial charge in [-0.3, -0.25) is 19.1 Å². The predicted octanol–water partition coefficient (Wildman–Crippen LogP) is 3.29. The molecule has 2 aliphatic carbocycles. The van der Waals surface area contributed by atoms with E-state index in [0.29, 0.717) is 32.4 Å². The Morgan fingerprint density at radius 1 is 1.04 bits per heavy atom. The van der Waals surface area contributed by atoms with Gasteiger partial charge < -0.3 is 29.9 Å². The van der Waals surface area contributed by atoms with Crippen molar-refractivity contribution in [1.29, 1.82) is 0 Å². The SMILES string of the molecule is CC(C)(C)OC(=O)N[C@H]1CCC(F)(F)CC/C=C\[C@H]2C[C@@]2(C(=O)NS(=O)(=O)C2CC2)NC(=O)[C@@H]2C[C@@H](OC(=O)N3CCc4ccccc4C3)CN2C1=O. The minimum absolute atomic E-state index is 0.00398. The molecule has 53 heavy (non-hydrogen) atoms. The average molecular weight is 764 g/mol. The lowest BCUT2D eigenvalue weighted by Gasteiger charge is -2.31. The molecule has 1 aromatic carbocycles. The third-order valence-corrected chi connectivity index (χ3v) is 12.1. The molecule has 17 heteroatoms. The second-order valence-corrected chi connectivity index (χ2v) is 17.7. The number of alkyl halides is 2. The zero-order valence-electron chi connectivity index (χ0n) is 30.1. The smallest absolute Gasteiger partial charge is 0.410 e. The minimum atomic E-state index is -4.01. The maximum absolute atomic E-state index is 15.2. The van der Waals surface area contributed by atoms with Crippen LogP contribution in [0.2, 0.25) is 0 Å². The molecule has 0 bridgehead atoms. The molecule has 14 nitrogen and oxygen atoms in total. The molecule has 6 rings (SSSR count). The van der Waals surface area contributed by atoms with Crippen molar-refractivity contribution in [3.8, 4) is 0 Å². The van der Waals surface area contributed by atoms with Gasteiger partial charge in [0.2, 0.25) is 27.8 Å². The van der Waals surface area contributed by atoms with Gasteiger partial charge in [-0.1, -0.05) is 36.4 Å². The Labute approximate surface area is 307 Å². The first-order valence-corrected chi connectivity index (χ1v) is 19.7. The van der Waals surface area contributed by atoms with E-state index in [2.05, 4.69) is 15.4 Å². The summed E-state index contributed by atoms with van der Waals surface area (Å²) in [5, 5.41) is 4.37. The van der Waals surface area contributed by atoms with Crippen molar-refractivity contribution >= 4 is 39.9 Å². The van der Waals surface area contributed by atoms with Gasteiger partial charge in [0.05, 0.1) is 11.8 Å². The fourth-order valence-corrected chi connectivity index (χ4v) is 8.52. The minimum Gasteiger partial charge on any atom is -0.444 e. The molecule has 5 atom stereocenters. The summed E-state index contributed by atoms with van der Waals surface area (Å²) >= 11 is 0. The van der Waals surface area contributed by atoms with Gasteiger partial charge in [0, 0.05) is 38.3 Å². The summed E-state index contributed by atoms with van der Waals surface area (Å²) in [7, 11) is -4.01. The first kappa shape index (κ1) is 38.4. The molecule has 0 aromatic heterocycles. The van der Waals surface area contributed by atoms with Crippen molar-refractivity contribution < 1.29 is 50.6 Å². The van der Waals surface area contributed by atoms with Crippen molar-refractivity contribution in [3.63, 3.8) is 0 Å². The van der Waals surface area contributed by atoms with Gasteiger partial charge >= 0.3 is 12.2 Å². The third-order valence-electron chi connectivity index (χ3n) is 10.3. The zero-order valence-corrected chi connectivity index (χ0v) is 30.9. The lowest BCUT2D eigenvalue weighted by Crippen LogP contribution is -2.58. The predicted molar refractivity (Wildman–Crippen MR) is 186 cm³/mol. The Morgan fingerprint density at radius 3 is 2.45 bits per heavy atom. The topological polar surface area (TPSA) is 181 Å². The van der Waals surface area contributed by atoms with Crippen LogP contribution in [0.1, 0.15) is 83.3 Å². The van der Waals surface area contributed by atoms with E-state index in [1.165, 1.54) is 17.1 Å². The molecule has 290 valence electrons. The Hall–Kier alpha value is -4.28. The highest BCUT2D eigenvalue weighted by atomic mass is 32.2. The molecule has 0 radical (unpaired) electrons. The molecule has 3 fully saturated rings. The summed E-state index contributed by atoms with van der Waals surface area (Å²) < 4.78 is 69.1. The van der Waals surface area contributed by atoms with Crippen LogP contribution in [-0.2, 0) is 46.8 Å². The van der Waals surface area contributed by atoms with Gasteiger partial charge in [-0.05, 0) is 70.4 Å². The number of ether oxygens (including phenoxy) is 2. The van der Waals surface area contributed by atoms with Crippen LogP contribution in [-0.4, -0.2) is 102 Å². The number of fused-ring (bicyclic) bond motifs is 3. The number of nitrogens with zero attached hydrogens (tertiary/aromatic N) is 2. The fourth-order valence-electron chi connectivity index (χ4n) is 7.15. The number of benzene rings is 1. The van der Waals surface area contributed by atoms with E-state index in [-0.39, 0.29) is 25.8 Å². The molecular weight excluding hydrogens is 716 g/mol. The summed E-state index contributed by atoms with van der Waals surface area (Å²) in [6.07, 6.45) is -0.529. The van der Waals surface area contributed by atoms with Crippen LogP contribution in [0.3, 0.4) is 0 Å². The molecule has 5 aliphatic rings. The molecule has 1 saturated heterocycles. The van der Waals surface area contributed by atoms with E-state index in [1.54, 1.807) is 20.8 Å². The molecule has 3 aliphatic heterocycles. The number of alkyl carbamates (subject to hydrolysis) is 1. The molecule has 1 aromatic rings. The quantitative estimate of drug-likeness (QED) is 0.380. The number of nitrogens with one attached hydrogen (secondary N) is 3. The van der Waals surface area contributed by atoms with Crippen molar-refractivity contribution in [2.24, 2.45) is 5.92 Å². The van der Waals surface area contributed by atoms with Crippen LogP contribution in [0.5, 0.6) is 0 Å². The van der Waals surface area contributed by atoms with Crippen LogP contribution >= 0.6 is 0 Å². The molecule has 0 spiro atoms. The zero-order chi connectivity index (χ0) is 38.3. The summed E-state index contributed by atoms with van der Waals surface area (Å²) in [5.74, 6) is -6.63. The Balaban J connectivity index is 1.28. The van der Waals surface area contributed by atoms with Crippen molar-refractivity contribution in [1.82, 2.24) is 25.2 Å². The van der Waals surface area contributed by atoms with E-state index in [4.69, 9.17) is 9.47 Å². The standard InChI is InChI=1S/C36H47F2N5O9S/c1-34(2,3)52-32(47)39-27-13-16-35(37,38)15-7-6-10-24-19-36(24,31(46)41-53(49,50)26-11-12-26)40-29(44)28-18-25(21-43(28)30(27)45)51-33(48)42-17-14-22-8-4-5-9-23(22)20-42/h4-6,8-10,24-28H,7,11-21H2,1-3H3,(H,39,47)(H,40,44)(H,41,46)/b10-6-/t24-,25+,27-,28-,36+/m0/s1. The number of carbonyl (C=O) groups is 5. The lowest BCUT2D eigenvalue weighted by molar-refractivity contribution is -0.141. The summed E-state index contributed by atoms with van der Waals surface area (Å²) in [5.41, 5.74) is -0.638. The molecular formula is C36H47F2N5O9S. The van der Waals surface area contributed by atoms with Gasteiger partial charge in [-0.25, -0.2) is 26.8 Å². The van der Waals surface area contributed by atoms with Gasteiger partial charge in [0.15, 0.2) is 0 Å². The van der Waals surface area contributed by atoms with Gasteiger partial charge in [0.25, 0.3) is 5.91 Å². The highest BCUT2D eigenvalue weighted by Crippen LogP contribution is 2.46. The number of hydrogen-bond donors (Lipinski definition) is 3. The number of amides is 5. The van der Waals surface area contributed by atoms with E-state index >= 15 is 8.78 Å². The Morgan fingerprint density at radius 2 is 1.75 bits per heavy atom. The normalized spacial score (nSPS) is 29.5. The molecule has 3 N–H and O–H groups in total. The van der Waals surface area contributed by atoms with E-state index in [9.17, 15) is 32.4 Å². The van der Waals surface area contributed by atoms with Crippen molar-refractivity contribution in [2.75, 3.05) is 13.1 Å². The van der Waals surface area contributed by atoms with Gasteiger partial charge in [-0.15, -0.1) is 0 Å². The first-order valence-electron chi connectivity index (χ1n) is 18.1.